The van der Waals surface area contributed by atoms with Crippen LogP contribution in [0.2, 0.25) is 0 Å². The monoisotopic (exact) mass is 404 g/mol. The average molecular weight is 404 g/mol. The Labute approximate surface area is 171 Å². The Morgan fingerprint density at radius 3 is 2.50 bits per heavy atom. The van der Waals surface area contributed by atoms with Crippen LogP contribution in [-0.4, -0.2) is 27.6 Å². The van der Waals surface area contributed by atoms with Gasteiger partial charge < -0.3 is 5.32 Å². The number of carbonyl (C=O) groups excluding carboxylic acids is 1. The number of hydrogen-bond acceptors (Lipinski definition) is 3. The Hall–Kier alpha value is -3.87. The third-order valence-electron chi connectivity index (χ3n) is 4.59. The molecule has 2 N–H and O–H groups in total. The molecule has 4 aromatic rings. The topological polar surface area (TPSA) is 70.7 Å². The number of pyridine rings is 1. The summed E-state index contributed by atoms with van der Waals surface area (Å²) < 4.78 is 27.0. The molecule has 4 rings (SSSR count). The maximum Gasteiger partial charge on any atom is 0.251 e. The second-order valence-corrected chi connectivity index (χ2v) is 6.70. The SMILES string of the molecule is O=C(NCCc1ccccn1)c1ccccc1-c1cc(-c2cc(F)cc(F)c2)n[nH]1. The molecule has 0 atom stereocenters. The average Bonchev–Trinajstić information content (AvgIpc) is 3.24. The zero-order valence-corrected chi connectivity index (χ0v) is 15.9. The van der Waals surface area contributed by atoms with Crippen LogP contribution in [0.4, 0.5) is 8.78 Å². The molecule has 0 unspecified atom stereocenters. The zero-order chi connectivity index (χ0) is 20.9. The second kappa shape index (κ2) is 8.65. The van der Waals surface area contributed by atoms with Crippen molar-refractivity contribution in [3.05, 3.63) is 95.8 Å². The summed E-state index contributed by atoms with van der Waals surface area (Å²) in [6.45, 7) is 0.445. The van der Waals surface area contributed by atoms with Gasteiger partial charge in [-0.1, -0.05) is 24.3 Å². The smallest absolute Gasteiger partial charge is 0.251 e. The third-order valence-corrected chi connectivity index (χ3v) is 4.59. The van der Waals surface area contributed by atoms with Crippen molar-refractivity contribution in [3.8, 4) is 22.5 Å². The van der Waals surface area contributed by atoms with Crippen LogP contribution < -0.4 is 5.32 Å². The van der Waals surface area contributed by atoms with E-state index in [4.69, 9.17) is 0 Å². The van der Waals surface area contributed by atoms with E-state index in [1.165, 1.54) is 12.1 Å². The van der Waals surface area contributed by atoms with Crippen molar-refractivity contribution in [1.29, 1.82) is 0 Å². The van der Waals surface area contributed by atoms with E-state index in [1.807, 2.05) is 24.3 Å². The van der Waals surface area contributed by atoms with Crippen LogP contribution in [0.5, 0.6) is 0 Å². The first-order valence-corrected chi connectivity index (χ1v) is 9.39. The highest BCUT2D eigenvalue weighted by Gasteiger charge is 2.15. The fourth-order valence-electron chi connectivity index (χ4n) is 3.17. The van der Waals surface area contributed by atoms with E-state index in [0.717, 1.165) is 11.8 Å². The van der Waals surface area contributed by atoms with Crippen molar-refractivity contribution in [2.75, 3.05) is 6.54 Å². The van der Waals surface area contributed by atoms with Gasteiger partial charge in [0.15, 0.2) is 0 Å². The minimum Gasteiger partial charge on any atom is -0.352 e. The van der Waals surface area contributed by atoms with Gasteiger partial charge in [0.1, 0.15) is 11.6 Å². The molecule has 0 saturated heterocycles. The first-order valence-electron chi connectivity index (χ1n) is 9.39. The van der Waals surface area contributed by atoms with Crippen LogP contribution in [0.3, 0.4) is 0 Å². The number of hydrogen-bond donors (Lipinski definition) is 2. The van der Waals surface area contributed by atoms with Crippen LogP contribution in [0.25, 0.3) is 22.5 Å². The van der Waals surface area contributed by atoms with Crippen LogP contribution in [0.15, 0.2) is 72.9 Å². The number of rotatable bonds is 6. The minimum absolute atomic E-state index is 0.227. The summed E-state index contributed by atoms with van der Waals surface area (Å²) in [7, 11) is 0. The van der Waals surface area contributed by atoms with E-state index in [9.17, 15) is 13.6 Å². The lowest BCUT2D eigenvalue weighted by Gasteiger charge is -2.09. The standard InChI is InChI=1S/C23H18F2N4O/c24-16-11-15(12-17(25)13-16)21-14-22(29-28-21)19-6-1-2-7-20(19)23(30)27-10-8-18-5-3-4-9-26-18/h1-7,9,11-14H,8,10H2,(H,27,30)(H,28,29). The Bertz CT molecular complexity index is 1150. The molecule has 0 spiro atoms. The van der Waals surface area contributed by atoms with Gasteiger partial charge in [0.25, 0.3) is 5.91 Å². The Balaban J connectivity index is 1.53. The van der Waals surface area contributed by atoms with Crippen LogP contribution in [0, 0.1) is 11.6 Å². The van der Waals surface area contributed by atoms with Crippen LogP contribution >= 0.6 is 0 Å². The van der Waals surface area contributed by atoms with Crippen molar-refractivity contribution in [1.82, 2.24) is 20.5 Å². The molecule has 0 bridgehead atoms. The Morgan fingerprint density at radius 1 is 0.967 bits per heavy atom. The summed E-state index contributed by atoms with van der Waals surface area (Å²) >= 11 is 0. The number of halogens is 2. The predicted octanol–water partition coefficient (Wildman–Crippen LogP) is 4.39. The number of amides is 1. The van der Waals surface area contributed by atoms with E-state index in [1.54, 1.807) is 30.5 Å². The summed E-state index contributed by atoms with van der Waals surface area (Å²) in [5, 5.41) is 9.90. The molecule has 0 radical (unpaired) electrons. The number of nitrogens with one attached hydrogen (secondary N) is 2. The third kappa shape index (κ3) is 4.41. The number of aromatic amines is 1. The van der Waals surface area contributed by atoms with Crippen molar-refractivity contribution in [2.45, 2.75) is 6.42 Å². The van der Waals surface area contributed by atoms with Gasteiger partial charge in [0.05, 0.1) is 11.4 Å². The molecule has 5 nitrogen and oxygen atoms in total. The van der Waals surface area contributed by atoms with Gasteiger partial charge in [-0.05, 0) is 36.4 Å². The number of H-pyrrole nitrogens is 1. The summed E-state index contributed by atoms with van der Waals surface area (Å²) in [6.07, 6.45) is 2.33. The van der Waals surface area contributed by atoms with E-state index in [-0.39, 0.29) is 5.91 Å². The first kappa shape index (κ1) is 19.4. The van der Waals surface area contributed by atoms with E-state index in [2.05, 4.69) is 20.5 Å². The lowest BCUT2D eigenvalue weighted by Crippen LogP contribution is -2.26. The quantitative estimate of drug-likeness (QED) is 0.501. The van der Waals surface area contributed by atoms with Gasteiger partial charge in [0.2, 0.25) is 0 Å². The molecule has 0 aliphatic heterocycles. The normalized spacial score (nSPS) is 10.7. The fourth-order valence-corrected chi connectivity index (χ4v) is 3.17. The summed E-state index contributed by atoms with van der Waals surface area (Å²) in [5.41, 5.74) is 3.28. The van der Waals surface area contributed by atoms with E-state index < -0.39 is 11.6 Å². The van der Waals surface area contributed by atoms with Crippen molar-refractivity contribution in [3.63, 3.8) is 0 Å². The molecule has 0 fully saturated rings. The largest absolute Gasteiger partial charge is 0.352 e. The van der Waals surface area contributed by atoms with Crippen molar-refractivity contribution < 1.29 is 13.6 Å². The molecule has 0 aliphatic rings. The minimum atomic E-state index is -0.678. The number of benzene rings is 2. The highest BCUT2D eigenvalue weighted by molar-refractivity contribution is 6.00. The Kier molecular flexibility index (Phi) is 5.61. The maximum absolute atomic E-state index is 13.5. The zero-order valence-electron chi connectivity index (χ0n) is 15.9. The molecular weight excluding hydrogens is 386 g/mol. The predicted molar refractivity (Wildman–Crippen MR) is 110 cm³/mol. The van der Waals surface area contributed by atoms with Gasteiger partial charge in [-0.15, -0.1) is 0 Å². The van der Waals surface area contributed by atoms with Crippen LogP contribution in [0.1, 0.15) is 16.1 Å². The van der Waals surface area contributed by atoms with E-state index in [0.29, 0.717) is 41.0 Å². The number of nitrogens with zero attached hydrogens (tertiary/aromatic N) is 2. The van der Waals surface area contributed by atoms with Gasteiger partial charge in [-0.3, -0.25) is 14.9 Å². The summed E-state index contributed by atoms with van der Waals surface area (Å²) in [6, 6.07) is 17.6. The van der Waals surface area contributed by atoms with Crippen molar-refractivity contribution >= 4 is 5.91 Å². The summed E-state index contributed by atoms with van der Waals surface area (Å²) in [4.78, 5) is 17.0. The molecule has 2 aromatic heterocycles. The molecule has 2 heterocycles. The van der Waals surface area contributed by atoms with Gasteiger partial charge >= 0.3 is 0 Å². The lowest BCUT2D eigenvalue weighted by molar-refractivity contribution is 0.0954. The molecule has 7 heteroatoms. The second-order valence-electron chi connectivity index (χ2n) is 6.70. The number of carbonyl (C=O) groups is 1. The van der Waals surface area contributed by atoms with Gasteiger partial charge in [-0.2, -0.15) is 5.10 Å². The maximum atomic E-state index is 13.5. The molecule has 1 amide bonds. The van der Waals surface area contributed by atoms with Crippen LogP contribution in [-0.2, 0) is 6.42 Å². The molecular formula is C23H18F2N4O. The fraction of sp³-hybridized carbons (Fsp3) is 0.0870. The van der Waals surface area contributed by atoms with Crippen molar-refractivity contribution in [2.24, 2.45) is 0 Å². The molecule has 150 valence electrons. The number of aromatic nitrogens is 3. The highest BCUT2D eigenvalue weighted by Crippen LogP contribution is 2.27. The Morgan fingerprint density at radius 2 is 1.73 bits per heavy atom. The molecule has 2 aromatic carbocycles. The highest BCUT2D eigenvalue weighted by atomic mass is 19.1. The van der Waals surface area contributed by atoms with Gasteiger partial charge in [0, 0.05) is 47.6 Å². The summed E-state index contributed by atoms with van der Waals surface area (Å²) in [5.74, 6) is -1.58. The lowest BCUT2D eigenvalue weighted by atomic mass is 10.0. The first-order chi connectivity index (χ1) is 14.6. The van der Waals surface area contributed by atoms with E-state index >= 15 is 0 Å². The molecule has 0 aliphatic carbocycles. The van der Waals surface area contributed by atoms with Gasteiger partial charge in [-0.25, -0.2) is 8.78 Å². The molecule has 0 saturated carbocycles. The molecule has 30 heavy (non-hydrogen) atoms.